The first-order valence-electron chi connectivity index (χ1n) is 7.49. The van der Waals surface area contributed by atoms with Gasteiger partial charge in [-0.3, -0.25) is 4.79 Å². The summed E-state index contributed by atoms with van der Waals surface area (Å²) in [7, 11) is 1.73. The monoisotopic (exact) mass is 368 g/mol. The summed E-state index contributed by atoms with van der Waals surface area (Å²) in [4.78, 5) is 13.9. The van der Waals surface area contributed by atoms with Gasteiger partial charge in [0.2, 0.25) is 5.91 Å². The number of likely N-dealkylation sites (N-methyl/N-ethyl adjacent to an activating group) is 1. The molecule has 0 aliphatic carbocycles. The molecule has 0 spiro atoms. The number of carbonyl (C=O) groups is 1. The van der Waals surface area contributed by atoms with Crippen molar-refractivity contribution >= 4 is 29.9 Å². The van der Waals surface area contributed by atoms with Crippen LogP contribution in [0.2, 0.25) is 5.02 Å². The molecule has 130 valence electrons. The number of nitrogens with zero attached hydrogens (tertiary/aromatic N) is 1. The predicted molar refractivity (Wildman–Crippen MR) is 100.0 cm³/mol. The largest absolute Gasteiger partial charge is 0.492 e. The fourth-order valence-electron chi connectivity index (χ4n) is 2.18. The molecule has 0 unspecified atom stereocenters. The first-order chi connectivity index (χ1) is 11.1. The minimum Gasteiger partial charge on any atom is -0.492 e. The summed E-state index contributed by atoms with van der Waals surface area (Å²) in [6, 6.07) is 16.3. The third-order valence-electron chi connectivity index (χ3n) is 3.50. The van der Waals surface area contributed by atoms with E-state index in [2.05, 4.69) is 0 Å². The Labute approximate surface area is 154 Å². The second-order valence-electron chi connectivity index (χ2n) is 5.36. The molecule has 0 fully saturated rings. The molecular formula is C18H22Cl2N2O2. The van der Waals surface area contributed by atoms with E-state index < -0.39 is 6.04 Å². The Morgan fingerprint density at radius 3 is 2.42 bits per heavy atom. The zero-order valence-electron chi connectivity index (χ0n) is 13.5. The summed E-state index contributed by atoms with van der Waals surface area (Å²) in [6.45, 7) is 0.881. The third-order valence-corrected chi connectivity index (χ3v) is 3.75. The second-order valence-corrected chi connectivity index (χ2v) is 5.79. The Bertz CT molecular complexity index is 621. The van der Waals surface area contributed by atoms with Crippen molar-refractivity contribution in [1.29, 1.82) is 0 Å². The standard InChI is InChI=1S/C18H21ClN2O2.ClH/c1-21(11-12-23-16-9-7-15(19)8-10-16)18(22)17(20)13-14-5-3-2-4-6-14;/h2-10,17H,11-13,20H2,1H3;1H/t17-;/m0./s1. The van der Waals surface area contributed by atoms with Gasteiger partial charge in [0.1, 0.15) is 12.4 Å². The molecule has 0 bridgehead atoms. The lowest BCUT2D eigenvalue weighted by atomic mass is 10.1. The van der Waals surface area contributed by atoms with E-state index in [-0.39, 0.29) is 18.3 Å². The normalized spacial score (nSPS) is 11.3. The Kier molecular flexibility index (Phi) is 8.61. The van der Waals surface area contributed by atoms with Crippen LogP contribution in [0.15, 0.2) is 54.6 Å². The highest BCUT2D eigenvalue weighted by atomic mass is 35.5. The SMILES string of the molecule is CN(CCOc1ccc(Cl)cc1)C(=O)[C@@H](N)Cc1ccccc1.Cl. The van der Waals surface area contributed by atoms with E-state index in [0.717, 1.165) is 11.3 Å². The van der Waals surface area contributed by atoms with Crippen molar-refractivity contribution in [3.05, 3.63) is 65.2 Å². The number of hydrogen-bond acceptors (Lipinski definition) is 3. The molecule has 2 N–H and O–H groups in total. The average molecular weight is 369 g/mol. The lowest BCUT2D eigenvalue weighted by molar-refractivity contribution is -0.131. The molecule has 0 saturated heterocycles. The van der Waals surface area contributed by atoms with Crippen molar-refractivity contribution in [2.24, 2.45) is 5.73 Å². The Balaban J connectivity index is 0.00000288. The van der Waals surface area contributed by atoms with E-state index in [1.165, 1.54) is 0 Å². The summed E-state index contributed by atoms with van der Waals surface area (Å²) in [5.41, 5.74) is 7.06. The van der Waals surface area contributed by atoms with E-state index in [1.807, 2.05) is 30.3 Å². The molecule has 1 atom stereocenters. The van der Waals surface area contributed by atoms with E-state index in [1.54, 1.807) is 36.2 Å². The predicted octanol–water partition coefficient (Wildman–Crippen LogP) is 3.17. The molecule has 6 heteroatoms. The highest BCUT2D eigenvalue weighted by Crippen LogP contribution is 2.15. The van der Waals surface area contributed by atoms with Crippen molar-refractivity contribution in [2.75, 3.05) is 20.2 Å². The van der Waals surface area contributed by atoms with Crippen LogP contribution in [0.3, 0.4) is 0 Å². The molecule has 0 aliphatic heterocycles. The summed E-state index contributed by atoms with van der Waals surface area (Å²) in [5.74, 6) is 0.636. The Morgan fingerprint density at radius 1 is 1.17 bits per heavy atom. The van der Waals surface area contributed by atoms with E-state index in [4.69, 9.17) is 22.1 Å². The zero-order valence-corrected chi connectivity index (χ0v) is 15.1. The number of ether oxygens (including phenoxy) is 1. The minimum atomic E-state index is -0.544. The first-order valence-corrected chi connectivity index (χ1v) is 7.87. The fourth-order valence-corrected chi connectivity index (χ4v) is 2.31. The maximum absolute atomic E-state index is 12.3. The van der Waals surface area contributed by atoms with Gasteiger partial charge < -0.3 is 15.4 Å². The molecule has 0 aromatic heterocycles. The number of rotatable bonds is 7. The van der Waals surface area contributed by atoms with Crippen molar-refractivity contribution < 1.29 is 9.53 Å². The van der Waals surface area contributed by atoms with Gasteiger partial charge in [-0.2, -0.15) is 0 Å². The molecular weight excluding hydrogens is 347 g/mol. The minimum absolute atomic E-state index is 0. The lowest BCUT2D eigenvalue weighted by Gasteiger charge is -2.21. The second kappa shape index (κ2) is 10.2. The number of amides is 1. The number of nitrogens with two attached hydrogens (primary N) is 1. The van der Waals surface area contributed by atoms with Gasteiger partial charge in [0.15, 0.2) is 0 Å². The van der Waals surface area contributed by atoms with Gasteiger partial charge in [-0.05, 0) is 36.2 Å². The summed E-state index contributed by atoms with van der Waals surface area (Å²) < 4.78 is 5.59. The smallest absolute Gasteiger partial charge is 0.239 e. The van der Waals surface area contributed by atoms with E-state index in [0.29, 0.717) is 24.6 Å². The van der Waals surface area contributed by atoms with Crippen LogP contribution < -0.4 is 10.5 Å². The quantitative estimate of drug-likeness (QED) is 0.816. The first kappa shape index (κ1) is 20.3. The van der Waals surface area contributed by atoms with Crippen LogP contribution in [0.1, 0.15) is 5.56 Å². The average Bonchev–Trinajstić information content (AvgIpc) is 2.56. The zero-order chi connectivity index (χ0) is 16.7. The van der Waals surface area contributed by atoms with Gasteiger partial charge in [0, 0.05) is 12.1 Å². The van der Waals surface area contributed by atoms with Crippen LogP contribution >= 0.6 is 24.0 Å². The van der Waals surface area contributed by atoms with Gasteiger partial charge in [-0.25, -0.2) is 0 Å². The number of hydrogen-bond donors (Lipinski definition) is 1. The summed E-state index contributed by atoms with van der Waals surface area (Å²) >= 11 is 5.82. The van der Waals surface area contributed by atoms with Crippen molar-refractivity contribution in [1.82, 2.24) is 4.90 Å². The highest BCUT2D eigenvalue weighted by molar-refractivity contribution is 6.30. The molecule has 2 aromatic rings. The summed E-state index contributed by atoms with van der Waals surface area (Å²) in [6.07, 6.45) is 0.530. The highest BCUT2D eigenvalue weighted by Gasteiger charge is 2.18. The Morgan fingerprint density at radius 2 is 1.79 bits per heavy atom. The maximum atomic E-state index is 12.3. The van der Waals surface area contributed by atoms with Gasteiger partial charge in [0.25, 0.3) is 0 Å². The summed E-state index contributed by atoms with van der Waals surface area (Å²) in [5, 5.41) is 0.663. The lowest BCUT2D eigenvalue weighted by Crippen LogP contribution is -2.44. The topological polar surface area (TPSA) is 55.6 Å². The van der Waals surface area contributed by atoms with E-state index >= 15 is 0 Å². The molecule has 0 aliphatic rings. The van der Waals surface area contributed by atoms with Crippen molar-refractivity contribution in [3.63, 3.8) is 0 Å². The van der Waals surface area contributed by atoms with Gasteiger partial charge in [0.05, 0.1) is 12.6 Å². The van der Waals surface area contributed by atoms with Crippen molar-refractivity contribution in [2.45, 2.75) is 12.5 Å². The van der Waals surface area contributed by atoms with Crippen LogP contribution in [0.25, 0.3) is 0 Å². The number of carbonyl (C=O) groups excluding carboxylic acids is 1. The molecule has 0 saturated carbocycles. The van der Waals surface area contributed by atoms with Crippen LogP contribution in [0.4, 0.5) is 0 Å². The van der Waals surface area contributed by atoms with Crippen molar-refractivity contribution in [3.8, 4) is 5.75 Å². The molecule has 1 amide bonds. The molecule has 0 heterocycles. The number of benzene rings is 2. The molecule has 4 nitrogen and oxygen atoms in total. The molecule has 0 radical (unpaired) electrons. The molecule has 2 aromatic carbocycles. The third kappa shape index (κ3) is 6.40. The van der Waals surface area contributed by atoms with Gasteiger partial charge >= 0.3 is 0 Å². The van der Waals surface area contributed by atoms with Crippen LogP contribution in [-0.4, -0.2) is 37.0 Å². The number of halogens is 2. The van der Waals surface area contributed by atoms with Crippen LogP contribution in [-0.2, 0) is 11.2 Å². The van der Waals surface area contributed by atoms with Crippen LogP contribution in [0.5, 0.6) is 5.75 Å². The molecule has 24 heavy (non-hydrogen) atoms. The van der Waals surface area contributed by atoms with E-state index in [9.17, 15) is 4.79 Å². The van der Waals surface area contributed by atoms with Crippen LogP contribution in [0, 0.1) is 0 Å². The van der Waals surface area contributed by atoms with Gasteiger partial charge in [-0.15, -0.1) is 12.4 Å². The Hall–Kier alpha value is -1.75. The van der Waals surface area contributed by atoms with Gasteiger partial charge in [-0.1, -0.05) is 41.9 Å². The fraction of sp³-hybridized carbons (Fsp3) is 0.278. The molecule has 2 rings (SSSR count). The maximum Gasteiger partial charge on any atom is 0.239 e.